The molecule has 0 unspecified atom stereocenters. The number of ether oxygens (including phenoxy) is 1. The summed E-state index contributed by atoms with van der Waals surface area (Å²) in [7, 11) is 3.83. The van der Waals surface area contributed by atoms with Crippen molar-refractivity contribution in [1.29, 1.82) is 0 Å². The maximum Gasteiger partial charge on any atom is 0.323 e. The number of aromatic nitrogens is 4. The molecule has 0 aliphatic carbocycles. The molecule has 1 fully saturated rings. The van der Waals surface area contributed by atoms with E-state index in [-0.39, 0.29) is 6.03 Å². The molecular formula is C21H27N7O2S. The average Bonchev–Trinajstić information content (AvgIpc) is 3.23. The van der Waals surface area contributed by atoms with Crippen LogP contribution < -0.4 is 5.32 Å². The monoisotopic (exact) mass is 441 g/mol. The second-order valence-electron chi connectivity index (χ2n) is 7.73. The Labute approximate surface area is 185 Å². The number of rotatable bonds is 6. The highest BCUT2D eigenvalue weighted by atomic mass is 32.1. The number of methoxy groups -OCH3 is 1. The first-order valence-electron chi connectivity index (χ1n) is 10.3. The standard InChI is InChI=1S/C21H27N7O2S/c1-14-25-26-20(31-14)18-10-15-11-19(23-13-16(15)12-22-18)24-21(29)28-6-4-17(5-7-28)27(2)8-9-30-3/h10-13,17H,4-9H2,1-3H3,(H,23,24,29). The molecule has 0 aromatic carbocycles. The first-order chi connectivity index (χ1) is 15.0. The van der Waals surface area contributed by atoms with E-state index in [4.69, 9.17) is 4.74 Å². The summed E-state index contributed by atoms with van der Waals surface area (Å²) in [6.07, 6.45) is 5.40. The van der Waals surface area contributed by atoms with Crippen LogP contribution in [-0.2, 0) is 4.74 Å². The third-order valence-electron chi connectivity index (χ3n) is 5.61. The summed E-state index contributed by atoms with van der Waals surface area (Å²) in [4.78, 5) is 25.8. The summed E-state index contributed by atoms with van der Waals surface area (Å²) in [6.45, 7) is 5.00. The number of fused-ring (bicyclic) bond motifs is 1. The fraction of sp³-hybridized carbons (Fsp3) is 0.476. The van der Waals surface area contributed by atoms with Crippen LogP contribution in [0.3, 0.4) is 0 Å². The Morgan fingerprint density at radius 1 is 1.23 bits per heavy atom. The van der Waals surface area contributed by atoms with Crippen molar-refractivity contribution in [3.63, 3.8) is 0 Å². The highest BCUT2D eigenvalue weighted by molar-refractivity contribution is 7.14. The van der Waals surface area contributed by atoms with Gasteiger partial charge in [0.15, 0.2) is 5.01 Å². The van der Waals surface area contributed by atoms with Crippen LogP contribution in [0.25, 0.3) is 21.5 Å². The van der Waals surface area contributed by atoms with Gasteiger partial charge in [0.25, 0.3) is 0 Å². The topological polar surface area (TPSA) is 96.4 Å². The number of amides is 2. The highest BCUT2D eigenvalue weighted by Crippen LogP contribution is 2.25. The molecule has 0 bridgehead atoms. The number of hydrogen-bond acceptors (Lipinski definition) is 8. The minimum Gasteiger partial charge on any atom is -0.383 e. The third kappa shape index (κ3) is 5.15. The van der Waals surface area contributed by atoms with Gasteiger partial charge in [-0.1, -0.05) is 11.3 Å². The fourth-order valence-corrected chi connectivity index (χ4v) is 4.40. The van der Waals surface area contributed by atoms with Gasteiger partial charge in [-0.15, -0.1) is 10.2 Å². The number of urea groups is 1. The lowest BCUT2D eigenvalue weighted by Gasteiger charge is -2.36. The Balaban J connectivity index is 1.39. The highest BCUT2D eigenvalue weighted by Gasteiger charge is 2.25. The van der Waals surface area contributed by atoms with Crippen molar-refractivity contribution in [2.75, 3.05) is 45.7 Å². The molecule has 164 valence electrons. The van der Waals surface area contributed by atoms with Crippen molar-refractivity contribution in [1.82, 2.24) is 30.0 Å². The fourth-order valence-electron chi connectivity index (χ4n) is 3.74. The lowest BCUT2D eigenvalue weighted by molar-refractivity contribution is 0.106. The largest absolute Gasteiger partial charge is 0.383 e. The van der Waals surface area contributed by atoms with Crippen LogP contribution >= 0.6 is 11.3 Å². The van der Waals surface area contributed by atoms with Gasteiger partial charge in [-0.25, -0.2) is 9.78 Å². The number of nitrogens with one attached hydrogen (secondary N) is 1. The molecule has 1 N–H and O–H groups in total. The molecule has 1 saturated heterocycles. The van der Waals surface area contributed by atoms with E-state index in [9.17, 15) is 4.79 Å². The number of likely N-dealkylation sites (N-methyl/N-ethyl adjacent to an activating group) is 1. The van der Waals surface area contributed by atoms with Crippen LogP contribution in [0.2, 0.25) is 0 Å². The molecule has 0 spiro atoms. The molecule has 10 heteroatoms. The molecule has 0 atom stereocenters. The van der Waals surface area contributed by atoms with Crippen LogP contribution in [0, 0.1) is 6.92 Å². The summed E-state index contributed by atoms with van der Waals surface area (Å²) in [5, 5.41) is 14.7. The first-order valence-corrected chi connectivity index (χ1v) is 11.2. The number of aryl methyl sites for hydroxylation is 1. The average molecular weight is 442 g/mol. The smallest absolute Gasteiger partial charge is 0.323 e. The third-order valence-corrected chi connectivity index (χ3v) is 6.47. The van der Waals surface area contributed by atoms with E-state index in [1.54, 1.807) is 19.5 Å². The Bertz CT molecular complexity index is 1050. The van der Waals surface area contributed by atoms with E-state index in [0.29, 0.717) is 11.9 Å². The second kappa shape index (κ2) is 9.63. The van der Waals surface area contributed by atoms with Gasteiger partial charge in [0, 0.05) is 50.6 Å². The van der Waals surface area contributed by atoms with Gasteiger partial charge in [0.2, 0.25) is 0 Å². The lowest BCUT2D eigenvalue weighted by Crippen LogP contribution is -2.47. The predicted octanol–water partition coefficient (Wildman–Crippen LogP) is 3.03. The van der Waals surface area contributed by atoms with Crippen molar-refractivity contribution in [3.8, 4) is 10.7 Å². The van der Waals surface area contributed by atoms with E-state index in [1.807, 2.05) is 24.0 Å². The first kappa shape index (κ1) is 21.5. The summed E-state index contributed by atoms with van der Waals surface area (Å²) in [5.41, 5.74) is 0.765. The Hall–Kier alpha value is -2.69. The maximum atomic E-state index is 12.8. The summed E-state index contributed by atoms with van der Waals surface area (Å²) < 4.78 is 5.16. The number of anilines is 1. The molecule has 3 aromatic rings. The zero-order chi connectivity index (χ0) is 21.8. The van der Waals surface area contributed by atoms with E-state index < -0.39 is 0 Å². The number of nitrogens with zero attached hydrogens (tertiary/aromatic N) is 6. The number of likely N-dealkylation sites (tertiary alicyclic amines) is 1. The van der Waals surface area contributed by atoms with E-state index in [2.05, 4.69) is 37.4 Å². The van der Waals surface area contributed by atoms with Crippen molar-refractivity contribution < 1.29 is 9.53 Å². The SMILES string of the molecule is COCCN(C)C1CCN(C(=O)Nc2cc3cc(-c4nnc(C)s4)ncc3cn2)CC1. The quantitative estimate of drug-likeness (QED) is 0.628. The van der Waals surface area contributed by atoms with Crippen molar-refractivity contribution in [2.45, 2.75) is 25.8 Å². The van der Waals surface area contributed by atoms with Gasteiger partial charge in [-0.3, -0.25) is 10.3 Å². The minimum absolute atomic E-state index is 0.112. The molecule has 3 aromatic heterocycles. The lowest BCUT2D eigenvalue weighted by atomic mass is 10.0. The van der Waals surface area contributed by atoms with Gasteiger partial charge in [-0.2, -0.15) is 0 Å². The number of piperidine rings is 1. The molecule has 0 saturated carbocycles. The van der Waals surface area contributed by atoms with Gasteiger partial charge in [0.1, 0.15) is 16.5 Å². The van der Waals surface area contributed by atoms with Crippen molar-refractivity contribution >= 4 is 34.0 Å². The second-order valence-corrected chi connectivity index (χ2v) is 8.92. The summed E-state index contributed by atoms with van der Waals surface area (Å²) >= 11 is 1.50. The molecule has 1 aliphatic heterocycles. The minimum atomic E-state index is -0.112. The van der Waals surface area contributed by atoms with Crippen molar-refractivity contribution in [2.24, 2.45) is 0 Å². The Kier molecular flexibility index (Phi) is 6.69. The Morgan fingerprint density at radius 3 is 2.71 bits per heavy atom. The number of carbonyl (C=O) groups excluding carboxylic acids is 1. The van der Waals surface area contributed by atoms with Crippen LogP contribution in [-0.4, -0.2) is 82.4 Å². The van der Waals surface area contributed by atoms with Crippen LogP contribution in [0.5, 0.6) is 0 Å². The van der Waals surface area contributed by atoms with Crippen molar-refractivity contribution in [3.05, 3.63) is 29.5 Å². The molecule has 31 heavy (non-hydrogen) atoms. The number of pyridine rings is 2. The molecule has 2 amide bonds. The molecule has 9 nitrogen and oxygen atoms in total. The van der Waals surface area contributed by atoms with E-state index in [1.165, 1.54) is 11.3 Å². The van der Waals surface area contributed by atoms with Gasteiger partial charge in [0.05, 0.1) is 6.61 Å². The normalized spacial score (nSPS) is 15.0. The van der Waals surface area contributed by atoms with E-state index >= 15 is 0 Å². The zero-order valence-electron chi connectivity index (χ0n) is 18.0. The van der Waals surface area contributed by atoms with Gasteiger partial charge < -0.3 is 14.5 Å². The van der Waals surface area contributed by atoms with Crippen LogP contribution in [0.1, 0.15) is 17.8 Å². The maximum absolute atomic E-state index is 12.8. The summed E-state index contributed by atoms with van der Waals surface area (Å²) in [5.74, 6) is 0.530. The molecule has 1 aliphatic rings. The number of hydrogen-bond donors (Lipinski definition) is 1. The van der Waals surface area contributed by atoms with E-state index in [0.717, 1.165) is 65.6 Å². The van der Waals surface area contributed by atoms with Crippen LogP contribution in [0.4, 0.5) is 10.6 Å². The molecule has 4 rings (SSSR count). The Morgan fingerprint density at radius 2 is 2.00 bits per heavy atom. The van der Waals surface area contributed by atoms with Gasteiger partial charge in [-0.05, 0) is 44.3 Å². The van der Waals surface area contributed by atoms with Gasteiger partial charge >= 0.3 is 6.03 Å². The number of carbonyl (C=O) groups is 1. The zero-order valence-corrected chi connectivity index (χ0v) is 18.9. The molecule has 0 radical (unpaired) electrons. The molecule has 4 heterocycles. The molecular weight excluding hydrogens is 414 g/mol. The van der Waals surface area contributed by atoms with Crippen LogP contribution in [0.15, 0.2) is 24.5 Å². The summed E-state index contributed by atoms with van der Waals surface area (Å²) in [6, 6.07) is 4.19. The predicted molar refractivity (Wildman–Crippen MR) is 121 cm³/mol.